The fourth-order valence-corrected chi connectivity index (χ4v) is 1.53. The van der Waals surface area contributed by atoms with Gasteiger partial charge in [-0.3, -0.25) is 10.00 Å². The van der Waals surface area contributed by atoms with Gasteiger partial charge in [0.05, 0.1) is 0 Å². The number of carbonyl (C=O) groups is 2. The van der Waals surface area contributed by atoms with Crippen LogP contribution in [0.3, 0.4) is 0 Å². The topological polar surface area (TPSA) is 82.5 Å². The van der Waals surface area contributed by atoms with Gasteiger partial charge in [0.1, 0.15) is 5.60 Å². The number of halogens is 1. The zero-order chi connectivity index (χ0) is 16.3. The molecule has 0 saturated carbocycles. The van der Waals surface area contributed by atoms with Crippen molar-refractivity contribution >= 4 is 29.5 Å². The number of ether oxygens (including phenoxy) is 2. The first-order chi connectivity index (χ1) is 9.56. The standard InChI is InChI=1S/C13H20ClN3O4/c1-12(2,3)21-11(19)15-9-6-7-17(16-9)13(4,5)10(18)20-8-14/h6-7H,8H2,1-5H3,(H,15,16,19). The van der Waals surface area contributed by atoms with E-state index in [1.54, 1.807) is 46.9 Å². The number of amides is 1. The molecule has 21 heavy (non-hydrogen) atoms. The Morgan fingerprint density at radius 3 is 2.48 bits per heavy atom. The molecule has 0 aliphatic heterocycles. The summed E-state index contributed by atoms with van der Waals surface area (Å²) in [6.45, 7) is 8.54. The zero-order valence-corrected chi connectivity index (χ0v) is 13.5. The zero-order valence-electron chi connectivity index (χ0n) is 12.8. The molecule has 8 heteroatoms. The maximum atomic E-state index is 11.8. The minimum Gasteiger partial charge on any atom is -0.448 e. The molecule has 0 spiro atoms. The second-order valence-electron chi connectivity index (χ2n) is 5.87. The van der Waals surface area contributed by atoms with Crippen molar-refractivity contribution in [2.75, 3.05) is 11.4 Å². The average Bonchev–Trinajstić information content (AvgIpc) is 2.75. The Hall–Kier alpha value is -1.76. The molecule has 0 fully saturated rings. The molecule has 1 amide bonds. The molecule has 0 aliphatic rings. The Balaban J connectivity index is 2.77. The summed E-state index contributed by atoms with van der Waals surface area (Å²) in [6, 6.07) is 1.33. The number of nitrogens with zero attached hydrogens (tertiary/aromatic N) is 2. The Bertz CT molecular complexity index is 520. The Kier molecular flexibility index (Phi) is 5.22. The highest BCUT2D eigenvalue weighted by atomic mass is 35.5. The van der Waals surface area contributed by atoms with Crippen LogP contribution in [-0.2, 0) is 19.8 Å². The quantitative estimate of drug-likeness (QED) is 0.682. The third-order valence-electron chi connectivity index (χ3n) is 2.48. The minimum atomic E-state index is -1.04. The number of nitrogens with one attached hydrogen (secondary N) is 1. The van der Waals surface area contributed by atoms with Crippen molar-refractivity contribution in [3.05, 3.63) is 12.3 Å². The number of aromatic nitrogens is 2. The normalized spacial score (nSPS) is 11.9. The Morgan fingerprint density at radius 2 is 1.95 bits per heavy atom. The number of rotatable bonds is 4. The van der Waals surface area contributed by atoms with E-state index in [4.69, 9.17) is 21.1 Å². The molecule has 0 aliphatic carbocycles. The lowest BCUT2D eigenvalue weighted by molar-refractivity contribution is -0.151. The number of alkyl halides is 1. The summed E-state index contributed by atoms with van der Waals surface area (Å²) in [7, 11) is 0. The lowest BCUT2D eigenvalue weighted by atomic mass is 10.1. The Labute approximate surface area is 128 Å². The van der Waals surface area contributed by atoms with Crippen molar-refractivity contribution in [2.24, 2.45) is 0 Å². The largest absolute Gasteiger partial charge is 0.448 e. The van der Waals surface area contributed by atoms with Gasteiger partial charge in [0.15, 0.2) is 17.4 Å². The first-order valence-electron chi connectivity index (χ1n) is 6.35. The molecule has 0 aromatic carbocycles. The van der Waals surface area contributed by atoms with Crippen LogP contribution in [-0.4, -0.2) is 33.5 Å². The lowest BCUT2D eigenvalue weighted by Crippen LogP contribution is -2.37. The number of anilines is 1. The molecule has 1 rings (SSSR count). The summed E-state index contributed by atoms with van der Waals surface area (Å²) in [5, 5.41) is 6.61. The van der Waals surface area contributed by atoms with Gasteiger partial charge in [-0.05, 0) is 34.6 Å². The van der Waals surface area contributed by atoms with Crippen molar-refractivity contribution in [2.45, 2.75) is 45.8 Å². The smallest absolute Gasteiger partial charge is 0.413 e. The predicted molar refractivity (Wildman–Crippen MR) is 78.2 cm³/mol. The van der Waals surface area contributed by atoms with Gasteiger partial charge in [-0.1, -0.05) is 11.6 Å². The van der Waals surface area contributed by atoms with Crippen LogP contribution in [0.15, 0.2) is 12.3 Å². The molecule has 1 aromatic heterocycles. The van der Waals surface area contributed by atoms with Crippen LogP contribution < -0.4 is 5.32 Å². The van der Waals surface area contributed by atoms with E-state index < -0.39 is 23.2 Å². The van der Waals surface area contributed by atoms with Gasteiger partial charge in [0, 0.05) is 12.3 Å². The highest BCUT2D eigenvalue weighted by molar-refractivity contribution is 6.17. The van der Waals surface area contributed by atoms with Gasteiger partial charge in [-0.25, -0.2) is 9.59 Å². The van der Waals surface area contributed by atoms with Crippen LogP contribution in [0.25, 0.3) is 0 Å². The average molecular weight is 318 g/mol. The molecule has 1 aromatic rings. The first kappa shape index (κ1) is 17.3. The van der Waals surface area contributed by atoms with E-state index in [1.165, 1.54) is 4.68 Å². The molecular formula is C13H20ClN3O4. The number of esters is 1. The lowest BCUT2D eigenvalue weighted by Gasteiger charge is -2.22. The summed E-state index contributed by atoms with van der Waals surface area (Å²) in [5.41, 5.74) is -1.64. The van der Waals surface area contributed by atoms with E-state index in [-0.39, 0.29) is 11.9 Å². The summed E-state index contributed by atoms with van der Waals surface area (Å²) in [5.74, 6) is -0.250. The first-order valence-corrected chi connectivity index (χ1v) is 6.89. The molecule has 1 heterocycles. The van der Waals surface area contributed by atoms with Gasteiger partial charge in [-0.2, -0.15) is 5.10 Å². The third-order valence-corrected chi connectivity index (χ3v) is 2.59. The van der Waals surface area contributed by atoms with Gasteiger partial charge in [0.2, 0.25) is 0 Å². The molecule has 0 unspecified atom stereocenters. The fraction of sp³-hybridized carbons (Fsp3) is 0.615. The summed E-state index contributed by atoms with van der Waals surface area (Å²) >= 11 is 5.38. The monoisotopic (exact) mass is 317 g/mol. The SMILES string of the molecule is CC(C)(C)OC(=O)Nc1ccn(C(C)(C)C(=O)OCCl)n1. The predicted octanol–water partition coefficient (Wildman–Crippen LogP) is 2.70. The summed E-state index contributed by atoms with van der Waals surface area (Å²) in [6.07, 6.45) is 0.941. The Morgan fingerprint density at radius 1 is 1.33 bits per heavy atom. The van der Waals surface area contributed by atoms with E-state index in [9.17, 15) is 9.59 Å². The number of hydrogen-bond donors (Lipinski definition) is 1. The van der Waals surface area contributed by atoms with Crippen molar-refractivity contribution in [1.29, 1.82) is 0 Å². The van der Waals surface area contributed by atoms with E-state index in [1.807, 2.05) is 0 Å². The summed E-state index contributed by atoms with van der Waals surface area (Å²) < 4.78 is 11.3. The van der Waals surface area contributed by atoms with Gasteiger partial charge in [-0.15, -0.1) is 0 Å². The fourth-order valence-electron chi connectivity index (χ4n) is 1.43. The second kappa shape index (κ2) is 6.34. The minimum absolute atomic E-state index is 0.230. The maximum absolute atomic E-state index is 11.8. The van der Waals surface area contributed by atoms with Crippen LogP contribution in [0.4, 0.5) is 10.6 Å². The highest BCUT2D eigenvalue weighted by Crippen LogP contribution is 2.19. The maximum Gasteiger partial charge on any atom is 0.413 e. The molecular weight excluding hydrogens is 298 g/mol. The van der Waals surface area contributed by atoms with Crippen LogP contribution >= 0.6 is 11.6 Å². The van der Waals surface area contributed by atoms with Gasteiger partial charge in [0.25, 0.3) is 0 Å². The molecule has 0 bridgehead atoms. The van der Waals surface area contributed by atoms with E-state index >= 15 is 0 Å². The second-order valence-corrected chi connectivity index (χ2v) is 6.09. The van der Waals surface area contributed by atoms with E-state index in [0.29, 0.717) is 0 Å². The summed E-state index contributed by atoms with van der Waals surface area (Å²) in [4.78, 5) is 23.4. The van der Waals surface area contributed by atoms with Crippen LogP contribution in [0.5, 0.6) is 0 Å². The van der Waals surface area contributed by atoms with Crippen LogP contribution in [0.2, 0.25) is 0 Å². The third kappa shape index (κ3) is 4.93. The van der Waals surface area contributed by atoms with Gasteiger partial charge < -0.3 is 9.47 Å². The van der Waals surface area contributed by atoms with E-state index in [2.05, 4.69) is 10.4 Å². The molecule has 118 valence electrons. The van der Waals surface area contributed by atoms with Crippen molar-refractivity contribution in [3.8, 4) is 0 Å². The molecule has 7 nitrogen and oxygen atoms in total. The van der Waals surface area contributed by atoms with Crippen molar-refractivity contribution in [3.63, 3.8) is 0 Å². The molecule has 1 N–H and O–H groups in total. The van der Waals surface area contributed by atoms with Crippen molar-refractivity contribution in [1.82, 2.24) is 9.78 Å². The molecule has 0 atom stereocenters. The van der Waals surface area contributed by atoms with Crippen LogP contribution in [0, 0.1) is 0 Å². The molecule has 0 saturated heterocycles. The number of hydrogen-bond acceptors (Lipinski definition) is 5. The highest BCUT2D eigenvalue weighted by Gasteiger charge is 2.32. The number of carbonyl (C=O) groups excluding carboxylic acids is 2. The van der Waals surface area contributed by atoms with Crippen molar-refractivity contribution < 1.29 is 19.1 Å². The molecule has 0 radical (unpaired) electrons. The van der Waals surface area contributed by atoms with E-state index in [0.717, 1.165) is 0 Å². The van der Waals surface area contributed by atoms with Gasteiger partial charge >= 0.3 is 12.1 Å². The van der Waals surface area contributed by atoms with Crippen LogP contribution in [0.1, 0.15) is 34.6 Å².